The standard InChI is InChI=1S/C24H26N4O3.ClH/c1-15-6-11-19-22(27-18-9-7-17(8-10-18)13-21(29)30)20(14-25-23(19)26-15)24(31)28-12-4-3-5-16(28)2;/h6-11,14,16H,3-5,12-13H2,1-2H3,(H,29,30)(H,25,26,27);1H. The van der Waals surface area contributed by atoms with E-state index >= 15 is 0 Å². The number of carbonyl (C=O) groups is 2. The molecule has 0 spiro atoms. The van der Waals surface area contributed by atoms with Crippen molar-refractivity contribution in [1.29, 1.82) is 0 Å². The number of nitrogens with one attached hydrogen (secondary N) is 1. The molecule has 168 valence electrons. The number of halogens is 1. The third kappa shape index (κ3) is 4.99. The molecule has 1 fully saturated rings. The van der Waals surface area contributed by atoms with Crippen molar-refractivity contribution in [3.8, 4) is 0 Å². The molecule has 7 nitrogen and oxygen atoms in total. The molecule has 1 atom stereocenters. The van der Waals surface area contributed by atoms with Gasteiger partial charge in [-0.2, -0.15) is 0 Å². The van der Waals surface area contributed by atoms with Crippen molar-refractivity contribution < 1.29 is 14.7 Å². The molecule has 0 aliphatic carbocycles. The molecule has 0 radical (unpaired) electrons. The van der Waals surface area contributed by atoms with Gasteiger partial charge in [0.1, 0.15) is 0 Å². The Morgan fingerprint density at radius 3 is 2.59 bits per heavy atom. The number of anilines is 2. The molecule has 32 heavy (non-hydrogen) atoms. The topological polar surface area (TPSA) is 95.4 Å². The van der Waals surface area contributed by atoms with Crippen LogP contribution in [0.1, 0.15) is 47.8 Å². The van der Waals surface area contributed by atoms with E-state index in [0.29, 0.717) is 22.5 Å². The second kappa shape index (κ2) is 9.96. The zero-order chi connectivity index (χ0) is 22.0. The van der Waals surface area contributed by atoms with E-state index in [9.17, 15) is 9.59 Å². The molecule has 3 heterocycles. The summed E-state index contributed by atoms with van der Waals surface area (Å²) in [5, 5.41) is 13.1. The molecular weight excluding hydrogens is 428 g/mol. The number of benzene rings is 1. The molecule has 1 aliphatic rings. The van der Waals surface area contributed by atoms with Crippen molar-refractivity contribution in [2.45, 2.75) is 45.6 Å². The number of hydrogen-bond acceptors (Lipinski definition) is 5. The van der Waals surface area contributed by atoms with Gasteiger partial charge in [0.2, 0.25) is 0 Å². The molecule has 8 heteroatoms. The molecule has 0 bridgehead atoms. The highest BCUT2D eigenvalue weighted by Gasteiger charge is 2.27. The first kappa shape index (κ1) is 23.5. The fourth-order valence-corrected chi connectivity index (χ4v) is 4.05. The Morgan fingerprint density at radius 2 is 1.91 bits per heavy atom. The van der Waals surface area contributed by atoms with Crippen LogP contribution in [0.5, 0.6) is 0 Å². The molecular formula is C24H27ClN4O3. The lowest BCUT2D eigenvalue weighted by Gasteiger charge is -2.34. The molecule has 1 unspecified atom stereocenters. The predicted octanol–water partition coefficient (Wildman–Crippen LogP) is 4.75. The minimum Gasteiger partial charge on any atom is -0.481 e. The van der Waals surface area contributed by atoms with E-state index in [1.54, 1.807) is 18.3 Å². The Hall–Kier alpha value is -3.19. The number of pyridine rings is 2. The Kier molecular flexibility index (Phi) is 7.30. The summed E-state index contributed by atoms with van der Waals surface area (Å²) in [6.45, 7) is 4.74. The minimum atomic E-state index is -0.870. The second-order valence-corrected chi connectivity index (χ2v) is 8.11. The first-order valence-electron chi connectivity index (χ1n) is 10.6. The van der Waals surface area contributed by atoms with Crippen LogP contribution in [0.4, 0.5) is 11.4 Å². The summed E-state index contributed by atoms with van der Waals surface area (Å²) in [4.78, 5) is 35.3. The van der Waals surface area contributed by atoms with Crippen molar-refractivity contribution in [2.24, 2.45) is 0 Å². The highest BCUT2D eigenvalue weighted by atomic mass is 35.5. The van der Waals surface area contributed by atoms with Crippen molar-refractivity contribution >= 4 is 46.7 Å². The van der Waals surface area contributed by atoms with Crippen LogP contribution in [0, 0.1) is 6.92 Å². The van der Waals surface area contributed by atoms with Crippen LogP contribution in [0.15, 0.2) is 42.6 Å². The van der Waals surface area contributed by atoms with Gasteiger partial charge in [-0.05, 0) is 62.9 Å². The first-order valence-corrected chi connectivity index (χ1v) is 10.6. The van der Waals surface area contributed by atoms with E-state index in [1.807, 2.05) is 36.1 Å². The number of rotatable bonds is 5. The van der Waals surface area contributed by atoms with Gasteiger partial charge in [-0.3, -0.25) is 9.59 Å². The van der Waals surface area contributed by atoms with Gasteiger partial charge >= 0.3 is 5.97 Å². The van der Waals surface area contributed by atoms with Gasteiger partial charge in [0.05, 0.1) is 17.7 Å². The zero-order valence-electron chi connectivity index (χ0n) is 18.2. The summed E-state index contributed by atoms with van der Waals surface area (Å²) in [5.41, 5.74) is 4.10. The molecule has 0 saturated carbocycles. The summed E-state index contributed by atoms with van der Waals surface area (Å²) in [5.74, 6) is -0.905. The number of aromatic nitrogens is 2. The fraction of sp³-hybridized carbons (Fsp3) is 0.333. The van der Waals surface area contributed by atoms with E-state index in [0.717, 1.165) is 42.6 Å². The maximum Gasteiger partial charge on any atom is 0.307 e. The number of carbonyl (C=O) groups excluding carboxylic acids is 1. The number of piperidine rings is 1. The number of aryl methyl sites for hydroxylation is 1. The molecule has 1 amide bonds. The van der Waals surface area contributed by atoms with Crippen molar-refractivity contribution in [1.82, 2.24) is 14.9 Å². The molecule has 1 aromatic carbocycles. The summed E-state index contributed by atoms with van der Waals surface area (Å²) < 4.78 is 0. The van der Waals surface area contributed by atoms with E-state index in [-0.39, 0.29) is 30.8 Å². The number of hydrogen-bond donors (Lipinski definition) is 2. The molecule has 2 N–H and O–H groups in total. The van der Waals surface area contributed by atoms with E-state index in [2.05, 4.69) is 22.2 Å². The van der Waals surface area contributed by atoms with Crippen LogP contribution in [-0.2, 0) is 11.2 Å². The van der Waals surface area contributed by atoms with Gasteiger partial charge in [-0.1, -0.05) is 12.1 Å². The first-order chi connectivity index (χ1) is 14.9. The summed E-state index contributed by atoms with van der Waals surface area (Å²) in [6.07, 6.45) is 4.72. The minimum absolute atomic E-state index is 0. The van der Waals surface area contributed by atoms with Crippen LogP contribution in [0.25, 0.3) is 11.0 Å². The fourth-order valence-electron chi connectivity index (χ4n) is 4.05. The largest absolute Gasteiger partial charge is 0.481 e. The third-order valence-electron chi connectivity index (χ3n) is 5.74. The number of fused-ring (bicyclic) bond motifs is 1. The average Bonchev–Trinajstić information content (AvgIpc) is 2.74. The smallest absolute Gasteiger partial charge is 0.307 e. The average molecular weight is 455 g/mol. The summed E-state index contributed by atoms with van der Waals surface area (Å²) in [6, 6.07) is 11.2. The van der Waals surface area contributed by atoms with Gasteiger partial charge < -0.3 is 15.3 Å². The van der Waals surface area contributed by atoms with Crippen molar-refractivity contribution in [3.05, 3.63) is 59.4 Å². The number of likely N-dealkylation sites (tertiary alicyclic amines) is 1. The molecule has 1 saturated heterocycles. The van der Waals surface area contributed by atoms with E-state index in [4.69, 9.17) is 5.11 Å². The Bertz CT molecular complexity index is 1130. The second-order valence-electron chi connectivity index (χ2n) is 8.11. The van der Waals surface area contributed by atoms with Crippen LogP contribution in [0.2, 0.25) is 0 Å². The monoisotopic (exact) mass is 454 g/mol. The number of carboxylic acid groups (broad SMARTS) is 1. The summed E-state index contributed by atoms with van der Waals surface area (Å²) >= 11 is 0. The number of nitrogens with zero attached hydrogens (tertiary/aromatic N) is 3. The van der Waals surface area contributed by atoms with Gasteiger partial charge in [-0.25, -0.2) is 9.97 Å². The maximum atomic E-state index is 13.5. The Balaban J connectivity index is 0.00000289. The van der Waals surface area contributed by atoms with Gasteiger partial charge in [0.15, 0.2) is 5.65 Å². The van der Waals surface area contributed by atoms with E-state index in [1.165, 1.54) is 0 Å². The molecule has 2 aromatic heterocycles. The molecule has 1 aliphatic heterocycles. The zero-order valence-corrected chi connectivity index (χ0v) is 19.0. The van der Waals surface area contributed by atoms with Gasteiger partial charge in [0.25, 0.3) is 5.91 Å². The van der Waals surface area contributed by atoms with Crippen LogP contribution < -0.4 is 5.32 Å². The van der Waals surface area contributed by atoms with Crippen LogP contribution >= 0.6 is 12.4 Å². The van der Waals surface area contributed by atoms with Crippen molar-refractivity contribution in [3.63, 3.8) is 0 Å². The molecule has 3 aromatic rings. The highest BCUT2D eigenvalue weighted by Crippen LogP contribution is 2.31. The Labute approximate surface area is 193 Å². The lowest BCUT2D eigenvalue weighted by atomic mass is 10.0. The number of aliphatic carboxylic acids is 1. The third-order valence-corrected chi connectivity index (χ3v) is 5.74. The lowest BCUT2D eigenvalue weighted by molar-refractivity contribution is -0.136. The summed E-state index contributed by atoms with van der Waals surface area (Å²) in [7, 11) is 0. The number of amides is 1. The SMILES string of the molecule is Cc1ccc2c(Nc3ccc(CC(=O)O)cc3)c(C(=O)N3CCCCC3C)cnc2n1.Cl. The predicted molar refractivity (Wildman–Crippen MR) is 127 cm³/mol. The van der Waals surface area contributed by atoms with Crippen LogP contribution in [-0.4, -0.2) is 44.4 Å². The van der Waals surface area contributed by atoms with Gasteiger partial charge in [0, 0.05) is 35.6 Å². The van der Waals surface area contributed by atoms with Crippen LogP contribution in [0.3, 0.4) is 0 Å². The van der Waals surface area contributed by atoms with E-state index < -0.39 is 5.97 Å². The number of carboxylic acids is 1. The van der Waals surface area contributed by atoms with Gasteiger partial charge in [-0.15, -0.1) is 12.4 Å². The quantitative estimate of drug-likeness (QED) is 0.577. The molecule has 4 rings (SSSR count). The highest BCUT2D eigenvalue weighted by molar-refractivity contribution is 6.07. The normalized spacial score (nSPS) is 15.8. The maximum absolute atomic E-state index is 13.5. The Morgan fingerprint density at radius 1 is 1.16 bits per heavy atom. The van der Waals surface area contributed by atoms with Crippen molar-refractivity contribution in [2.75, 3.05) is 11.9 Å². The lowest BCUT2D eigenvalue weighted by Crippen LogP contribution is -2.42.